The monoisotopic (exact) mass is 354 g/mol. The summed E-state index contributed by atoms with van der Waals surface area (Å²) in [7, 11) is 1.73. The van der Waals surface area contributed by atoms with Gasteiger partial charge in [-0.15, -0.1) is 5.10 Å². The van der Waals surface area contributed by atoms with Gasteiger partial charge in [0, 0.05) is 13.1 Å². The maximum Gasteiger partial charge on any atom is 0.333 e. The minimum absolute atomic E-state index is 0.225. The number of para-hydroxylation sites is 2. The van der Waals surface area contributed by atoms with Gasteiger partial charge in [0.15, 0.2) is 5.82 Å². The van der Waals surface area contributed by atoms with Gasteiger partial charge in [0.25, 0.3) is 0 Å². The second kappa shape index (κ2) is 5.69. The van der Waals surface area contributed by atoms with Crippen molar-refractivity contribution in [1.82, 2.24) is 23.9 Å². The molecule has 1 amide bonds. The first-order chi connectivity index (χ1) is 12.5. The minimum Gasteiger partial charge on any atom is -0.360 e. The van der Waals surface area contributed by atoms with Crippen molar-refractivity contribution in [2.24, 2.45) is 7.05 Å². The molecule has 4 aromatic rings. The summed E-state index contributed by atoms with van der Waals surface area (Å²) < 4.78 is 8.64. The SMILES string of the molecule is Cc1cc(NC(=O)Cn2nc3n(C)c4ccccc4n3c(=O)c2=O)no1. The number of hydrogen-bond acceptors (Lipinski definition) is 6. The Morgan fingerprint density at radius 1 is 1.19 bits per heavy atom. The number of nitrogens with zero attached hydrogens (tertiary/aromatic N) is 5. The number of aryl methyl sites for hydroxylation is 2. The summed E-state index contributed by atoms with van der Waals surface area (Å²) in [6, 6.07) is 8.68. The molecule has 132 valence electrons. The third-order valence-corrected chi connectivity index (χ3v) is 4.00. The van der Waals surface area contributed by atoms with Gasteiger partial charge in [-0.25, -0.2) is 9.08 Å². The summed E-state index contributed by atoms with van der Waals surface area (Å²) in [5, 5.41) is 10.3. The quantitative estimate of drug-likeness (QED) is 0.528. The molecule has 26 heavy (non-hydrogen) atoms. The standard InChI is InChI=1S/C16H14N6O4/c1-9-7-12(19-26-9)17-13(23)8-21-14(24)15(25)22-11-6-4-3-5-10(11)20(2)16(22)18-21/h3-7H,8H2,1-2H3,(H,17,19,23). The number of aromatic nitrogens is 5. The number of fused-ring (bicyclic) bond motifs is 3. The molecule has 0 saturated carbocycles. The highest BCUT2D eigenvalue weighted by Crippen LogP contribution is 2.15. The van der Waals surface area contributed by atoms with Crippen LogP contribution in [0.3, 0.4) is 0 Å². The Morgan fingerprint density at radius 3 is 2.62 bits per heavy atom. The summed E-state index contributed by atoms with van der Waals surface area (Å²) >= 11 is 0. The van der Waals surface area contributed by atoms with Gasteiger partial charge in [0.2, 0.25) is 11.7 Å². The molecule has 10 nitrogen and oxygen atoms in total. The van der Waals surface area contributed by atoms with E-state index in [0.717, 1.165) is 10.2 Å². The topological polar surface area (TPSA) is 116 Å². The predicted molar refractivity (Wildman–Crippen MR) is 92.1 cm³/mol. The number of anilines is 1. The first-order valence-electron chi connectivity index (χ1n) is 7.76. The van der Waals surface area contributed by atoms with E-state index in [9.17, 15) is 14.4 Å². The van der Waals surface area contributed by atoms with E-state index in [0.29, 0.717) is 11.3 Å². The van der Waals surface area contributed by atoms with Crippen molar-refractivity contribution in [3.63, 3.8) is 0 Å². The van der Waals surface area contributed by atoms with Crippen LogP contribution in [0.15, 0.2) is 44.4 Å². The fourth-order valence-electron chi connectivity index (χ4n) is 2.82. The Hall–Kier alpha value is -3.69. The Morgan fingerprint density at radius 2 is 1.92 bits per heavy atom. The van der Waals surface area contributed by atoms with E-state index in [-0.39, 0.29) is 11.6 Å². The minimum atomic E-state index is -0.884. The van der Waals surface area contributed by atoms with Crippen LogP contribution in [0.1, 0.15) is 5.76 Å². The number of carbonyl (C=O) groups is 1. The molecule has 0 unspecified atom stereocenters. The molecular formula is C16H14N6O4. The van der Waals surface area contributed by atoms with Crippen molar-refractivity contribution in [2.45, 2.75) is 13.5 Å². The van der Waals surface area contributed by atoms with Crippen LogP contribution in [0.5, 0.6) is 0 Å². The van der Waals surface area contributed by atoms with Crippen LogP contribution in [-0.4, -0.2) is 29.8 Å². The molecule has 0 radical (unpaired) electrons. The molecule has 3 heterocycles. The zero-order valence-corrected chi connectivity index (χ0v) is 14.0. The number of rotatable bonds is 3. The van der Waals surface area contributed by atoms with Crippen LogP contribution >= 0.6 is 0 Å². The maximum atomic E-state index is 12.5. The van der Waals surface area contributed by atoms with E-state index in [1.54, 1.807) is 30.7 Å². The zero-order valence-electron chi connectivity index (χ0n) is 14.0. The Kier molecular flexibility index (Phi) is 3.46. The van der Waals surface area contributed by atoms with Crippen LogP contribution < -0.4 is 16.4 Å². The summed E-state index contributed by atoms with van der Waals surface area (Å²) in [6.45, 7) is 1.27. The molecule has 4 rings (SSSR count). The smallest absolute Gasteiger partial charge is 0.333 e. The molecule has 10 heteroatoms. The molecule has 1 N–H and O–H groups in total. The zero-order chi connectivity index (χ0) is 18.4. The number of benzene rings is 1. The third kappa shape index (κ3) is 2.39. The first kappa shape index (κ1) is 15.8. The fourth-order valence-corrected chi connectivity index (χ4v) is 2.82. The maximum absolute atomic E-state index is 12.5. The van der Waals surface area contributed by atoms with Crippen molar-refractivity contribution in [3.05, 3.63) is 56.8 Å². The van der Waals surface area contributed by atoms with Gasteiger partial charge in [-0.2, -0.15) is 0 Å². The number of carbonyl (C=O) groups excluding carboxylic acids is 1. The van der Waals surface area contributed by atoms with Gasteiger partial charge in [0.1, 0.15) is 12.3 Å². The Labute approximate surface area is 145 Å². The first-order valence-corrected chi connectivity index (χ1v) is 7.76. The average Bonchev–Trinajstić information content (AvgIpc) is 3.14. The third-order valence-electron chi connectivity index (χ3n) is 4.00. The van der Waals surface area contributed by atoms with Gasteiger partial charge in [0.05, 0.1) is 11.0 Å². The van der Waals surface area contributed by atoms with Crippen LogP contribution in [0, 0.1) is 6.92 Å². The normalized spacial score (nSPS) is 11.3. The van der Waals surface area contributed by atoms with E-state index >= 15 is 0 Å². The molecule has 0 aliphatic heterocycles. The molecule has 0 fully saturated rings. The molecule has 0 aliphatic carbocycles. The van der Waals surface area contributed by atoms with E-state index in [2.05, 4.69) is 15.6 Å². The molecular weight excluding hydrogens is 340 g/mol. The Bertz CT molecular complexity index is 1280. The van der Waals surface area contributed by atoms with Gasteiger partial charge in [-0.05, 0) is 19.1 Å². The highest BCUT2D eigenvalue weighted by molar-refractivity contribution is 5.89. The van der Waals surface area contributed by atoms with Crippen LogP contribution in [0.2, 0.25) is 0 Å². The molecule has 3 aromatic heterocycles. The van der Waals surface area contributed by atoms with Crippen LogP contribution in [-0.2, 0) is 18.4 Å². The van der Waals surface area contributed by atoms with Gasteiger partial charge in [-0.1, -0.05) is 17.3 Å². The second-order valence-corrected chi connectivity index (χ2v) is 5.82. The summed E-state index contributed by atoms with van der Waals surface area (Å²) in [6.07, 6.45) is 0. The lowest BCUT2D eigenvalue weighted by Crippen LogP contribution is -2.42. The van der Waals surface area contributed by atoms with E-state index in [4.69, 9.17) is 4.52 Å². The number of amides is 1. The summed E-state index contributed by atoms with van der Waals surface area (Å²) in [4.78, 5) is 37.0. The largest absolute Gasteiger partial charge is 0.360 e. The number of imidazole rings is 1. The predicted octanol–water partition coefficient (Wildman–Crippen LogP) is 0.283. The van der Waals surface area contributed by atoms with Crippen LogP contribution in [0.4, 0.5) is 5.82 Å². The second-order valence-electron chi connectivity index (χ2n) is 5.82. The number of nitrogens with one attached hydrogen (secondary N) is 1. The summed E-state index contributed by atoms with van der Waals surface area (Å²) in [5.74, 6) is 0.477. The van der Waals surface area contributed by atoms with E-state index in [1.165, 1.54) is 10.5 Å². The molecule has 0 aliphatic rings. The van der Waals surface area contributed by atoms with Gasteiger partial charge in [-0.3, -0.25) is 14.4 Å². The lowest BCUT2D eigenvalue weighted by atomic mass is 10.3. The lowest BCUT2D eigenvalue weighted by Gasteiger charge is -2.05. The molecule has 0 saturated heterocycles. The highest BCUT2D eigenvalue weighted by atomic mass is 16.5. The molecule has 1 aromatic carbocycles. The fraction of sp³-hybridized carbons (Fsp3) is 0.188. The summed E-state index contributed by atoms with van der Waals surface area (Å²) in [5.41, 5.74) is -0.326. The highest BCUT2D eigenvalue weighted by Gasteiger charge is 2.17. The van der Waals surface area contributed by atoms with Gasteiger partial charge < -0.3 is 14.4 Å². The van der Waals surface area contributed by atoms with Crippen molar-refractivity contribution in [1.29, 1.82) is 0 Å². The average molecular weight is 354 g/mol. The van der Waals surface area contributed by atoms with E-state index < -0.39 is 23.6 Å². The lowest BCUT2D eigenvalue weighted by molar-refractivity contribution is -0.117. The van der Waals surface area contributed by atoms with Crippen molar-refractivity contribution in [2.75, 3.05) is 5.32 Å². The molecule has 0 spiro atoms. The van der Waals surface area contributed by atoms with Crippen molar-refractivity contribution in [3.8, 4) is 0 Å². The van der Waals surface area contributed by atoms with E-state index in [1.807, 2.05) is 12.1 Å². The number of hydrogen-bond donors (Lipinski definition) is 1. The molecule has 0 atom stereocenters. The van der Waals surface area contributed by atoms with Crippen LogP contribution in [0.25, 0.3) is 16.8 Å². The van der Waals surface area contributed by atoms with Crippen molar-refractivity contribution < 1.29 is 9.32 Å². The molecule has 0 bridgehead atoms. The van der Waals surface area contributed by atoms with Crippen molar-refractivity contribution >= 4 is 28.5 Å². The Balaban J connectivity index is 1.79. The van der Waals surface area contributed by atoms with Gasteiger partial charge >= 0.3 is 11.1 Å².